The van der Waals surface area contributed by atoms with Crippen LogP contribution in [0.15, 0.2) is 54.7 Å². The maximum atomic E-state index is 13.0. The molecule has 136 valence electrons. The average molecular weight is 353 g/mol. The van der Waals surface area contributed by atoms with Crippen LogP contribution >= 0.6 is 0 Å². The summed E-state index contributed by atoms with van der Waals surface area (Å²) in [7, 11) is 6.06. The minimum atomic E-state index is -0.294. The van der Waals surface area contributed by atoms with Crippen molar-refractivity contribution >= 4 is 16.8 Å². The van der Waals surface area contributed by atoms with Crippen LogP contribution in [0.25, 0.3) is 10.9 Å². The Morgan fingerprint density at radius 3 is 2.54 bits per heavy atom. The number of hydrogen-bond donors (Lipinski definition) is 1. The Morgan fingerprint density at radius 1 is 1.15 bits per heavy atom. The first-order chi connectivity index (χ1) is 12.5. The molecule has 0 aliphatic rings. The number of likely N-dealkylation sites (N-methyl/N-ethyl adjacent to an activating group) is 1. The highest BCUT2D eigenvalue weighted by molar-refractivity contribution is 5.84. The summed E-state index contributed by atoms with van der Waals surface area (Å²) in [6.45, 7) is 0.515. The molecule has 3 aromatic rings. The van der Waals surface area contributed by atoms with Crippen LogP contribution in [-0.4, -0.2) is 36.0 Å². The van der Waals surface area contributed by atoms with Gasteiger partial charge in [0.15, 0.2) is 0 Å². The lowest BCUT2D eigenvalue weighted by Gasteiger charge is -2.24. The van der Waals surface area contributed by atoms with Gasteiger partial charge in [0.05, 0.1) is 12.5 Å². The zero-order valence-electron chi connectivity index (χ0n) is 15.4. The van der Waals surface area contributed by atoms with Gasteiger partial charge in [-0.25, -0.2) is 4.39 Å². The van der Waals surface area contributed by atoms with Crippen molar-refractivity contribution in [3.8, 4) is 0 Å². The summed E-state index contributed by atoms with van der Waals surface area (Å²) in [4.78, 5) is 14.4. The van der Waals surface area contributed by atoms with E-state index in [0.29, 0.717) is 6.54 Å². The minimum absolute atomic E-state index is 0.0660. The zero-order valence-corrected chi connectivity index (χ0v) is 15.4. The molecule has 0 unspecified atom stereocenters. The topological polar surface area (TPSA) is 37.3 Å². The number of halogens is 1. The van der Waals surface area contributed by atoms with Crippen molar-refractivity contribution in [3.05, 3.63) is 71.7 Å². The molecule has 1 amide bonds. The predicted molar refractivity (Wildman–Crippen MR) is 102 cm³/mol. The summed E-state index contributed by atoms with van der Waals surface area (Å²) in [5.74, 6) is -0.360. The van der Waals surface area contributed by atoms with Crippen LogP contribution < -0.4 is 5.32 Å². The van der Waals surface area contributed by atoms with E-state index in [9.17, 15) is 9.18 Å². The molecule has 0 bridgehead atoms. The number of hydrogen-bond acceptors (Lipinski definition) is 2. The van der Waals surface area contributed by atoms with Gasteiger partial charge in [0.2, 0.25) is 5.91 Å². The van der Waals surface area contributed by atoms with Gasteiger partial charge >= 0.3 is 0 Å². The first-order valence-electron chi connectivity index (χ1n) is 8.67. The van der Waals surface area contributed by atoms with Crippen molar-refractivity contribution in [2.24, 2.45) is 7.05 Å². The molecular formula is C21H24FN3O. The van der Waals surface area contributed by atoms with E-state index in [2.05, 4.69) is 33.1 Å². The SMILES string of the molecule is CN(C)[C@H](CNC(=O)Cc1ccc(F)cc1)c1cn(C)c2ccccc12. The van der Waals surface area contributed by atoms with Crippen LogP contribution in [0.3, 0.4) is 0 Å². The largest absolute Gasteiger partial charge is 0.354 e. The normalized spacial score (nSPS) is 12.5. The van der Waals surface area contributed by atoms with Crippen LogP contribution in [0.1, 0.15) is 17.2 Å². The number of nitrogens with one attached hydrogen (secondary N) is 1. The third-order valence-electron chi connectivity index (χ3n) is 4.68. The number of carbonyl (C=O) groups excluding carboxylic acids is 1. The number of aromatic nitrogens is 1. The van der Waals surface area contributed by atoms with Crippen molar-refractivity contribution in [3.63, 3.8) is 0 Å². The summed E-state index contributed by atoms with van der Waals surface area (Å²) in [6.07, 6.45) is 2.37. The van der Waals surface area contributed by atoms with Gasteiger partial charge in [0.25, 0.3) is 0 Å². The third kappa shape index (κ3) is 3.94. The molecule has 0 aliphatic heterocycles. The predicted octanol–water partition coefficient (Wildman–Crippen LogP) is 3.28. The van der Waals surface area contributed by atoms with Gasteiger partial charge in [-0.1, -0.05) is 30.3 Å². The molecule has 1 N–H and O–H groups in total. The smallest absolute Gasteiger partial charge is 0.224 e. The molecule has 26 heavy (non-hydrogen) atoms. The van der Waals surface area contributed by atoms with Crippen LogP contribution in [-0.2, 0) is 18.3 Å². The minimum Gasteiger partial charge on any atom is -0.354 e. The molecule has 0 aliphatic carbocycles. The Labute approximate surface area is 153 Å². The fraction of sp³-hybridized carbons (Fsp3) is 0.286. The standard InChI is InChI=1S/C21H24FN3O/c1-24(2)20(18-14-25(3)19-7-5-4-6-17(18)19)13-23-21(26)12-15-8-10-16(22)11-9-15/h4-11,14,20H,12-13H2,1-3H3,(H,23,26)/t20-/m1/s1. The average Bonchev–Trinajstić information content (AvgIpc) is 2.94. The first-order valence-corrected chi connectivity index (χ1v) is 8.67. The highest BCUT2D eigenvalue weighted by Crippen LogP contribution is 2.28. The van der Waals surface area contributed by atoms with Crippen LogP contribution in [0.4, 0.5) is 4.39 Å². The van der Waals surface area contributed by atoms with Gasteiger partial charge in [-0.05, 0) is 43.4 Å². The second kappa shape index (κ2) is 7.70. The quantitative estimate of drug-likeness (QED) is 0.738. The van der Waals surface area contributed by atoms with Crippen molar-refractivity contribution < 1.29 is 9.18 Å². The van der Waals surface area contributed by atoms with Crippen molar-refractivity contribution in [1.82, 2.24) is 14.8 Å². The highest BCUT2D eigenvalue weighted by atomic mass is 19.1. The molecule has 0 saturated carbocycles. The molecule has 0 spiro atoms. The second-order valence-corrected chi connectivity index (χ2v) is 6.80. The Balaban J connectivity index is 1.72. The Bertz CT molecular complexity index is 899. The molecule has 3 rings (SSSR count). The molecule has 0 fully saturated rings. The number of amides is 1. The molecule has 1 atom stereocenters. The van der Waals surface area contributed by atoms with E-state index in [4.69, 9.17) is 0 Å². The third-order valence-corrected chi connectivity index (χ3v) is 4.68. The van der Waals surface area contributed by atoms with Gasteiger partial charge in [0.1, 0.15) is 5.82 Å². The van der Waals surface area contributed by atoms with Gasteiger partial charge in [-0.2, -0.15) is 0 Å². The van der Waals surface area contributed by atoms with Gasteiger partial charge in [0, 0.05) is 30.7 Å². The molecular weight excluding hydrogens is 329 g/mol. The summed E-state index contributed by atoms with van der Waals surface area (Å²) in [5, 5.41) is 4.21. The zero-order chi connectivity index (χ0) is 18.7. The van der Waals surface area contributed by atoms with E-state index in [0.717, 1.165) is 5.56 Å². The summed E-state index contributed by atoms with van der Waals surface area (Å²) in [6, 6.07) is 14.4. The van der Waals surface area contributed by atoms with Crippen LogP contribution in [0.5, 0.6) is 0 Å². The number of aryl methyl sites for hydroxylation is 1. The maximum Gasteiger partial charge on any atom is 0.224 e. The summed E-state index contributed by atoms with van der Waals surface area (Å²) in [5.41, 5.74) is 3.16. The number of rotatable bonds is 6. The van der Waals surface area contributed by atoms with Gasteiger partial charge < -0.3 is 14.8 Å². The molecule has 1 heterocycles. The Kier molecular flexibility index (Phi) is 5.38. The van der Waals surface area contributed by atoms with E-state index in [1.165, 1.54) is 28.6 Å². The number of benzene rings is 2. The molecule has 0 saturated heterocycles. The molecule has 4 nitrogen and oxygen atoms in total. The number of fused-ring (bicyclic) bond motifs is 1. The van der Waals surface area contributed by atoms with E-state index in [1.54, 1.807) is 12.1 Å². The van der Waals surface area contributed by atoms with Crippen molar-refractivity contribution in [2.45, 2.75) is 12.5 Å². The summed E-state index contributed by atoms with van der Waals surface area (Å²) < 4.78 is 15.1. The van der Waals surface area contributed by atoms with Crippen LogP contribution in [0.2, 0.25) is 0 Å². The number of nitrogens with zero attached hydrogens (tertiary/aromatic N) is 2. The van der Waals surface area contributed by atoms with Gasteiger partial charge in [-0.15, -0.1) is 0 Å². The lowest BCUT2D eigenvalue weighted by Crippen LogP contribution is -2.35. The second-order valence-electron chi connectivity index (χ2n) is 6.80. The molecule has 2 aromatic carbocycles. The molecule has 1 aromatic heterocycles. The summed E-state index contributed by atoms with van der Waals surface area (Å²) >= 11 is 0. The first kappa shape index (κ1) is 18.1. The lowest BCUT2D eigenvalue weighted by atomic mass is 10.0. The molecule has 5 heteroatoms. The van der Waals surface area contributed by atoms with E-state index >= 15 is 0 Å². The van der Waals surface area contributed by atoms with E-state index in [-0.39, 0.29) is 24.2 Å². The van der Waals surface area contributed by atoms with Crippen LogP contribution in [0, 0.1) is 5.82 Å². The maximum absolute atomic E-state index is 13.0. The highest BCUT2D eigenvalue weighted by Gasteiger charge is 2.20. The lowest BCUT2D eigenvalue weighted by molar-refractivity contribution is -0.120. The molecule has 0 radical (unpaired) electrons. The number of carbonyl (C=O) groups is 1. The monoisotopic (exact) mass is 353 g/mol. The number of para-hydroxylation sites is 1. The van der Waals surface area contributed by atoms with E-state index < -0.39 is 0 Å². The fourth-order valence-electron chi connectivity index (χ4n) is 3.27. The Hall–Kier alpha value is -2.66. The Morgan fingerprint density at radius 2 is 1.85 bits per heavy atom. The van der Waals surface area contributed by atoms with E-state index in [1.807, 2.05) is 33.3 Å². The van der Waals surface area contributed by atoms with Crippen molar-refractivity contribution in [2.75, 3.05) is 20.6 Å². The van der Waals surface area contributed by atoms with Crippen molar-refractivity contribution in [1.29, 1.82) is 0 Å². The fourth-order valence-corrected chi connectivity index (χ4v) is 3.27. The van der Waals surface area contributed by atoms with Gasteiger partial charge in [-0.3, -0.25) is 4.79 Å².